The smallest absolute Gasteiger partial charge is 0.220 e. The normalized spacial score (nSPS) is 17.8. The van der Waals surface area contributed by atoms with Crippen LogP contribution >= 0.6 is 0 Å². The summed E-state index contributed by atoms with van der Waals surface area (Å²) in [5, 5.41) is 14.8. The summed E-state index contributed by atoms with van der Waals surface area (Å²) in [5.74, 6) is 0.883. The minimum Gasteiger partial charge on any atom is -0.378 e. The lowest BCUT2D eigenvalue weighted by molar-refractivity contribution is -0.120. The van der Waals surface area contributed by atoms with Gasteiger partial charge >= 0.3 is 0 Å². The van der Waals surface area contributed by atoms with Crippen LogP contribution in [0.2, 0.25) is 0 Å². The number of nitrogens with one attached hydrogen (secondary N) is 1. The molecule has 2 N–H and O–H groups in total. The van der Waals surface area contributed by atoms with E-state index in [1.54, 1.807) is 0 Å². The van der Waals surface area contributed by atoms with Crippen molar-refractivity contribution in [1.29, 1.82) is 0 Å². The molecule has 0 spiro atoms. The lowest BCUT2D eigenvalue weighted by atomic mass is 9.78. The summed E-state index contributed by atoms with van der Waals surface area (Å²) in [4.78, 5) is 11.8. The van der Waals surface area contributed by atoms with E-state index in [2.05, 4.69) is 57.3 Å². The van der Waals surface area contributed by atoms with Crippen LogP contribution < -0.4 is 5.32 Å². The topological polar surface area (TPSA) is 49.3 Å². The van der Waals surface area contributed by atoms with Gasteiger partial charge in [0.05, 0.1) is 6.04 Å². The van der Waals surface area contributed by atoms with Crippen LogP contribution in [-0.4, -0.2) is 17.1 Å². The molecular formula is C23H29NO2. The lowest BCUT2D eigenvalue weighted by Crippen LogP contribution is -2.47. The molecule has 2 aromatic rings. The number of benzene rings is 2. The third kappa shape index (κ3) is 3.41. The number of aliphatic hydroxyl groups is 1. The molecule has 1 aliphatic heterocycles. The van der Waals surface area contributed by atoms with Crippen molar-refractivity contribution in [3.63, 3.8) is 0 Å². The summed E-state index contributed by atoms with van der Waals surface area (Å²) in [5.41, 5.74) is 2.90. The largest absolute Gasteiger partial charge is 0.378 e. The maximum Gasteiger partial charge on any atom is 0.220 e. The van der Waals surface area contributed by atoms with Crippen LogP contribution in [0.3, 0.4) is 0 Å². The Morgan fingerprint density at radius 1 is 0.885 bits per heavy atom. The molecule has 0 unspecified atom stereocenters. The van der Waals surface area contributed by atoms with Crippen LogP contribution in [0.4, 0.5) is 0 Å². The summed E-state index contributed by atoms with van der Waals surface area (Å²) in [6.07, 6.45) is 1.09. The molecule has 1 atom stereocenters. The molecule has 1 fully saturated rings. The van der Waals surface area contributed by atoms with Gasteiger partial charge in [0.15, 0.2) is 0 Å². The molecule has 3 heteroatoms. The van der Waals surface area contributed by atoms with Gasteiger partial charge in [0.25, 0.3) is 0 Å². The van der Waals surface area contributed by atoms with Crippen LogP contribution in [0, 0.1) is 0 Å². The van der Waals surface area contributed by atoms with Gasteiger partial charge in [0, 0.05) is 6.42 Å². The van der Waals surface area contributed by atoms with Crippen LogP contribution in [0.25, 0.3) is 0 Å². The van der Waals surface area contributed by atoms with Gasteiger partial charge in [0.1, 0.15) is 5.60 Å². The highest BCUT2D eigenvalue weighted by atomic mass is 16.3. The Morgan fingerprint density at radius 2 is 1.31 bits per heavy atom. The summed E-state index contributed by atoms with van der Waals surface area (Å²) in [6, 6.07) is 16.0. The molecular weight excluding hydrogens is 322 g/mol. The van der Waals surface area contributed by atoms with Crippen molar-refractivity contribution in [3.8, 4) is 0 Å². The summed E-state index contributed by atoms with van der Waals surface area (Å²) >= 11 is 0. The molecule has 0 aromatic heterocycles. The predicted molar refractivity (Wildman–Crippen MR) is 105 cm³/mol. The van der Waals surface area contributed by atoms with Crippen LogP contribution in [0.1, 0.15) is 74.6 Å². The van der Waals surface area contributed by atoms with E-state index in [1.807, 2.05) is 24.3 Å². The van der Waals surface area contributed by atoms with Crippen LogP contribution in [0.15, 0.2) is 48.5 Å². The van der Waals surface area contributed by atoms with E-state index in [9.17, 15) is 9.90 Å². The molecule has 0 bridgehead atoms. The second-order valence-corrected chi connectivity index (χ2v) is 7.98. The predicted octanol–water partition coefficient (Wildman–Crippen LogP) is 4.45. The van der Waals surface area contributed by atoms with Gasteiger partial charge in [-0.05, 0) is 40.5 Å². The molecule has 0 radical (unpaired) electrons. The Morgan fingerprint density at radius 3 is 1.62 bits per heavy atom. The number of amides is 1. The highest BCUT2D eigenvalue weighted by molar-refractivity contribution is 5.79. The minimum absolute atomic E-state index is 0.00558. The average Bonchev–Trinajstić information content (AvgIpc) is 3.08. The fourth-order valence-electron chi connectivity index (χ4n) is 3.74. The standard InChI is InChI=1S/C23H29NO2/c1-15(2)17-5-9-19(10-6-17)23(26,21-13-14-22(25)24-21)20-11-7-18(8-12-20)16(3)4/h5-12,15-16,21,26H,13-14H2,1-4H3,(H,24,25)/t21-/m1/s1. The first kappa shape index (κ1) is 18.7. The van der Waals surface area contributed by atoms with Crippen molar-refractivity contribution in [1.82, 2.24) is 5.32 Å². The van der Waals surface area contributed by atoms with Crippen molar-refractivity contribution >= 4 is 5.91 Å². The van der Waals surface area contributed by atoms with Gasteiger partial charge in [-0.15, -0.1) is 0 Å². The minimum atomic E-state index is -1.23. The van der Waals surface area contributed by atoms with Crippen molar-refractivity contribution in [2.45, 2.75) is 64.0 Å². The zero-order valence-electron chi connectivity index (χ0n) is 16.1. The van der Waals surface area contributed by atoms with E-state index < -0.39 is 5.60 Å². The van der Waals surface area contributed by atoms with Crippen molar-refractivity contribution in [2.75, 3.05) is 0 Å². The monoisotopic (exact) mass is 351 g/mol. The fourth-order valence-corrected chi connectivity index (χ4v) is 3.74. The zero-order valence-corrected chi connectivity index (χ0v) is 16.1. The zero-order chi connectivity index (χ0) is 18.9. The Labute approximate surface area is 156 Å². The number of hydrogen-bond acceptors (Lipinski definition) is 2. The summed E-state index contributed by atoms with van der Waals surface area (Å²) < 4.78 is 0. The van der Waals surface area contributed by atoms with E-state index >= 15 is 0 Å². The number of carbonyl (C=O) groups excluding carboxylic acids is 1. The highest BCUT2D eigenvalue weighted by Gasteiger charge is 2.43. The molecule has 3 rings (SSSR count). The van der Waals surface area contributed by atoms with Gasteiger partial charge in [-0.3, -0.25) is 4.79 Å². The van der Waals surface area contributed by atoms with Crippen molar-refractivity contribution in [2.24, 2.45) is 0 Å². The average molecular weight is 351 g/mol. The SMILES string of the molecule is CC(C)c1ccc(C(O)(c2ccc(C(C)C)cc2)[C@H]2CCC(=O)N2)cc1. The van der Waals surface area contributed by atoms with E-state index in [0.717, 1.165) is 11.1 Å². The molecule has 1 aliphatic rings. The second-order valence-electron chi connectivity index (χ2n) is 7.98. The van der Waals surface area contributed by atoms with Gasteiger partial charge < -0.3 is 10.4 Å². The summed E-state index contributed by atoms with van der Waals surface area (Å²) in [6.45, 7) is 8.62. The first-order valence-corrected chi connectivity index (χ1v) is 9.55. The van der Waals surface area contributed by atoms with E-state index in [4.69, 9.17) is 0 Å². The fraction of sp³-hybridized carbons (Fsp3) is 0.435. The van der Waals surface area contributed by atoms with E-state index in [-0.39, 0.29) is 11.9 Å². The Kier molecular flexibility index (Phi) is 5.19. The number of rotatable bonds is 5. The van der Waals surface area contributed by atoms with Crippen molar-refractivity contribution in [3.05, 3.63) is 70.8 Å². The van der Waals surface area contributed by atoms with Gasteiger partial charge in [-0.1, -0.05) is 76.2 Å². The first-order valence-electron chi connectivity index (χ1n) is 9.55. The molecule has 0 aliphatic carbocycles. The van der Waals surface area contributed by atoms with Crippen LogP contribution in [-0.2, 0) is 10.4 Å². The van der Waals surface area contributed by atoms with Gasteiger partial charge in [0.2, 0.25) is 5.91 Å². The third-order valence-electron chi connectivity index (χ3n) is 5.53. The highest BCUT2D eigenvalue weighted by Crippen LogP contribution is 2.37. The first-order chi connectivity index (χ1) is 12.3. The molecule has 1 saturated heterocycles. The molecule has 0 saturated carbocycles. The number of hydrogen-bond donors (Lipinski definition) is 2. The molecule has 3 nitrogen and oxygen atoms in total. The molecule has 1 amide bonds. The second kappa shape index (κ2) is 7.24. The van der Waals surface area contributed by atoms with Crippen LogP contribution in [0.5, 0.6) is 0 Å². The maximum absolute atomic E-state index is 11.8. The molecule has 2 aromatic carbocycles. The molecule has 1 heterocycles. The lowest BCUT2D eigenvalue weighted by Gasteiger charge is -2.35. The Bertz CT molecular complexity index is 708. The van der Waals surface area contributed by atoms with E-state index in [0.29, 0.717) is 24.7 Å². The summed E-state index contributed by atoms with van der Waals surface area (Å²) in [7, 11) is 0. The molecule has 26 heavy (non-hydrogen) atoms. The van der Waals surface area contributed by atoms with Gasteiger partial charge in [-0.2, -0.15) is 0 Å². The third-order valence-corrected chi connectivity index (χ3v) is 5.53. The quantitative estimate of drug-likeness (QED) is 0.836. The maximum atomic E-state index is 11.8. The Balaban J connectivity index is 2.05. The molecule has 138 valence electrons. The van der Waals surface area contributed by atoms with Crippen molar-refractivity contribution < 1.29 is 9.90 Å². The Hall–Kier alpha value is -2.13. The number of carbonyl (C=O) groups is 1. The van der Waals surface area contributed by atoms with E-state index in [1.165, 1.54) is 11.1 Å². The van der Waals surface area contributed by atoms with Gasteiger partial charge in [-0.25, -0.2) is 0 Å².